The van der Waals surface area contributed by atoms with Gasteiger partial charge in [0.25, 0.3) is 0 Å². The molecule has 1 aromatic heterocycles. The molecule has 4 nitrogen and oxygen atoms in total. The molecule has 0 aliphatic heterocycles. The highest BCUT2D eigenvalue weighted by molar-refractivity contribution is 6.07. The van der Waals surface area contributed by atoms with Crippen LogP contribution in [0.3, 0.4) is 0 Å². The van der Waals surface area contributed by atoms with Gasteiger partial charge in [-0.2, -0.15) is 0 Å². The molecule has 0 saturated heterocycles. The number of halogens is 1. The topological polar surface area (TPSA) is 45.5 Å². The van der Waals surface area contributed by atoms with Crippen LogP contribution in [0.5, 0.6) is 0 Å². The van der Waals surface area contributed by atoms with Crippen LogP contribution in [0, 0.1) is 5.82 Å². The van der Waals surface area contributed by atoms with E-state index in [1.165, 1.54) is 12.1 Å². The van der Waals surface area contributed by atoms with Gasteiger partial charge >= 0.3 is 0 Å². The summed E-state index contributed by atoms with van der Waals surface area (Å²) >= 11 is 0. The van der Waals surface area contributed by atoms with E-state index in [2.05, 4.69) is 5.32 Å². The maximum absolute atomic E-state index is 13.8. The number of carbonyl (C=O) groups is 1. The minimum Gasteiger partial charge on any atom is -0.465 e. The molecule has 0 saturated carbocycles. The first-order valence-corrected chi connectivity index (χ1v) is 8.62. The van der Waals surface area contributed by atoms with E-state index in [-0.39, 0.29) is 18.1 Å². The quantitative estimate of drug-likeness (QED) is 0.858. The van der Waals surface area contributed by atoms with Crippen molar-refractivity contribution >= 4 is 23.1 Å². The Labute approximate surface area is 153 Å². The van der Waals surface area contributed by atoms with Gasteiger partial charge in [0.05, 0.1) is 12.7 Å². The van der Waals surface area contributed by atoms with Crippen molar-refractivity contribution in [1.82, 2.24) is 10.2 Å². The Hall–Kier alpha value is -2.66. The average molecular weight is 354 g/mol. The summed E-state index contributed by atoms with van der Waals surface area (Å²) in [5.41, 5.74) is 4.51. The summed E-state index contributed by atoms with van der Waals surface area (Å²) in [5, 5.41) is 2.92. The summed E-state index contributed by atoms with van der Waals surface area (Å²) < 4.78 is 19.2. The minimum absolute atomic E-state index is 0.0596. The lowest BCUT2D eigenvalue weighted by atomic mass is 10.0. The van der Waals surface area contributed by atoms with Crippen molar-refractivity contribution in [2.75, 3.05) is 27.2 Å². The Morgan fingerprint density at radius 1 is 1.27 bits per heavy atom. The molecule has 0 spiro atoms. The summed E-state index contributed by atoms with van der Waals surface area (Å²) in [6.45, 7) is 3.33. The monoisotopic (exact) mass is 354 g/mol. The van der Waals surface area contributed by atoms with Crippen LogP contribution in [0.2, 0.25) is 0 Å². The Kier molecular flexibility index (Phi) is 5.38. The fraction of sp³-hybridized carbons (Fsp3) is 0.286. The summed E-state index contributed by atoms with van der Waals surface area (Å²) in [6, 6.07) is 8.41. The Morgan fingerprint density at radius 3 is 2.77 bits per heavy atom. The highest BCUT2D eigenvalue weighted by atomic mass is 19.1. The second kappa shape index (κ2) is 7.70. The molecule has 0 radical (unpaired) electrons. The van der Waals surface area contributed by atoms with Crippen LogP contribution in [-0.2, 0) is 4.79 Å². The maximum atomic E-state index is 13.8. The number of nitrogens with zero attached hydrogens (tertiary/aromatic N) is 1. The van der Waals surface area contributed by atoms with Gasteiger partial charge in [0.1, 0.15) is 11.6 Å². The number of likely N-dealkylation sites (N-methyl/N-ethyl adjacent to an activating group) is 1. The van der Waals surface area contributed by atoms with Gasteiger partial charge < -0.3 is 14.6 Å². The van der Waals surface area contributed by atoms with Crippen molar-refractivity contribution in [2.45, 2.75) is 13.3 Å². The molecule has 1 amide bonds. The van der Waals surface area contributed by atoms with Gasteiger partial charge in [0, 0.05) is 13.1 Å². The standard InChI is InChI=1S/C21H23FN2O2/c1-14-18(12-16-5-4-10-26-16)17-7-6-15(22)11-20(17)19(14)13-21(25)23-8-9-24(2)3/h4-7,10-12H,8-9,13H2,1-3H3,(H,23,25). The van der Waals surface area contributed by atoms with E-state index in [4.69, 9.17) is 4.42 Å². The summed E-state index contributed by atoms with van der Waals surface area (Å²) in [6.07, 6.45) is 3.78. The molecule has 26 heavy (non-hydrogen) atoms. The third-order valence-electron chi connectivity index (χ3n) is 4.50. The predicted molar refractivity (Wildman–Crippen MR) is 102 cm³/mol. The van der Waals surface area contributed by atoms with E-state index < -0.39 is 0 Å². The molecule has 1 heterocycles. The zero-order valence-electron chi connectivity index (χ0n) is 15.3. The maximum Gasteiger partial charge on any atom is 0.224 e. The van der Waals surface area contributed by atoms with Crippen molar-refractivity contribution in [3.8, 4) is 0 Å². The molecule has 1 aromatic carbocycles. The highest BCUT2D eigenvalue weighted by Gasteiger charge is 2.25. The fourth-order valence-corrected chi connectivity index (χ4v) is 3.14. The molecule has 0 atom stereocenters. The molecule has 5 heteroatoms. The lowest BCUT2D eigenvalue weighted by Gasteiger charge is -2.11. The summed E-state index contributed by atoms with van der Waals surface area (Å²) in [4.78, 5) is 14.4. The van der Waals surface area contributed by atoms with Crippen molar-refractivity contribution in [1.29, 1.82) is 0 Å². The number of benzene rings is 1. The average Bonchev–Trinajstić information content (AvgIpc) is 3.17. The molecule has 0 bridgehead atoms. The van der Waals surface area contributed by atoms with Gasteiger partial charge in [-0.3, -0.25) is 4.79 Å². The van der Waals surface area contributed by atoms with E-state index >= 15 is 0 Å². The number of carbonyl (C=O) groups excluding carboxylic acids is 1. The lowest BCUT2D eigenvalue weighted by Crippen LogP contribution is -2.31. The van der Waals surface area contributed by atoms with Gasteiger partial charge in [0.2, 0.25) is 5.91 Å². The summed E-state index contributed by atoms with van der Waals surface area (Å²) in [7, 11) is 3.92. The molecule has 1 N–H and O–H groups in total. The molecule has 2 aromatic rings. The van der Waals surface area contributed by atoms with Crippen LogP contribution in [0.1, 0.15) is 30.2 Å². The van der Waals surface area contributed by atoms with Gasteiger partial charge in [-0.25, -0.2) is 4.39 Å². The third-order valence-corrected chi connectivity index (χ3v) is 4.50. The Balaban J connectivity index is 1.89. The first-order chi connectivity index (χ1) is 12.5. The zero-order chi connectivity index (χ0) is 18.7. The molecule has 136 valence electrons. The Morgan fingerprint density at radius 2 is 2.08 bits per heavy atom. The molecular formula is C21H23FN2O2. The largest absolute Gasteiger partial charge is 0.465 e. The fourth-order valence-electron chi connectivity index (χ4n) is 3.14. The minimum atomic E-state index is -0.304. The van der Waals surface area contributed by atoms with Gasteiger partial charge in [-0.05, 0) is 79.2 Å². The van der Waals surface area contributed by atoms with Gasteiger partial charge in [-0.15, -0.1) is 0 Å². The number of hydrogen-bond acceptors (Lipinski definition) is 3. The van der Waals surface area contributed by atoms with Crippen LogP contribution < -0.4 is 5.32 Å². The first-order valence-electron chi connectivity index (χ1n) is 8.62. The first kappa shape index (κ1) is 18.1. The van der Waals surface area contributed by atoms with Gasteiger partial charge in [0.15, 0.2) is 0 Å². The number of amides is 1. The molecule has 1 aliphatic rings. The second-order valence-electron chi connectivity index (χ2n) is 6.70. The van der Waals surface area contributed by atoms with E-state index in [1.54, 1.807) is 12.3 Å². The van der Waals surface area contributed by atoms with E-state index in [9.17, 15) is 9.18 Å². The third kappa shape index (κ3) is 3.94. The molecule has 0 unspecified atom stereocenters. The van der Waals surface area contributed by atoms with Crippen LogP contribution in [-0.4, -0.2) is 38.0 Å². The molecule has 3 rings (SSSR count). The van der Waals surface area contributed by atoms with Crippen LogP contribution in [0.15, 0.2) is 46.6 Å². The lowest BCUT2D eigenvalue weighted by molar-refractivity contribution is -0.120. The number of nitrogens with one attached hydrogen (secondary N) is 1. The number of fused-ring (bicyclic) bond motifs is 1. The Bertz CT molecular complexity index is 864. The smallest absolute Gasteiger partial charge is 0.224 e. The van der Waals surface area contributed by atoms with E-state index in [0.29, 0.717) is 6.54 Å². The predicted octanol–water partition coefficient (Wildman–Crippen LogP) is 3.81. The van der Waals surface area contributed by atoms with Crippen molar-refractivity contribution < 1.29 is 13.6 Å². The van der Waals surface area contributed by atoms with Crippen LogP contribution in [0.25, 0.3) is 17.2 Å². The zero-order valence-corrected chi connectivity index (χ0v) is 15.3. The van der Waals surface area contributed by atoms with Crippen molar-refractivity contribution in [3.05, 3.63) is 64.9 Å². The highest BCUT2D eigenvalue weighted by Crippen LogP contribution is 2.43. The molecule has 0 fully saturated rings. The molecular weight excluding hydrogens is 331 g/mol. The second-order valence-corrected chi connectivity index (χ2v) is 6.70. The van der Waals surface area contributed by atoms with Crippen molar-refractivity contribution in [3.63, 3.8) is 0 Å². The van der Waals surface area contributed by atoms with E-state index in [0.717, 1.165) is 40.2 Å². The molecule has 1 aliphatic carbocycles. The van der Waals surface area contributed by atoms with E-state index in [1.807, 2.05) is 44.1 Å². The van der Waals surface area contributed by atoms with Gasteiger partial charge in [-0.1, -0.05) is 6.07 Å². The SMILES string of the molecule is CC1=C(CC(=O)NCCN(C)C)c2cc(F)ccc2C1=Cc1ccco1. The number of furan rings is 1. The van der Waals surface area contributed by atoms with Crippen LogP contribution >= 0.6 is 0 Å². The summed E-state index contributed by atoms with van der Waals surface area (Å²) in [5.74, 6) is 0.364. The normalized spacial score (nSPS) is 15.0. The number of hydrogen-bond donors (Lipinski definition) is 1. The van der Waals surface area contributed by atoms with Crippen molar-refractivity contribution in [2.24, 2.45) is 0 Å². The number of rotatable bonds is 6. The van der Waals surface area contributed by atoms with Crippen LogP contribution in [0.4, 0.5) is 4.39 Å². The number of allylic oxidation sites excluding steroid dienone is 2.